The van der Waals surface area contributed by atoms with E-state index in [0.717, 1.165) is 5.56 Å². The topological polar surface area (TPSA) is 125 Å². The molecule has 0 bridgehead atoms. The molecule has 2 atom stereocenters. The van der Waals surface area contributed by atoms with Gasteiger partial charge in [-0.05, 0) is 37.0 Å². The first-order chi connectivity index (χ1) is 15.2. The number of ether oxygens (including phenoxy) is 1. The van der Waals surface area contributed by atoms with E-state index in [1.807, 2.05) is 6.92 Å². The molecule has 12 heteroatoms. The van der Waals surface area contributed by atoms with Crippen LogP contribution in [0.5, 0.6) is 5.88 Å². The Morgan fingerprint density at radius 3 is 2.62 bits per heavy atom. The summed E-state index contributed by atoms with van der Waals surface area (Å²) < 4.78 is 47.7. The molecule has 1 aromatic heterocycles. The van der Waals surface area contributed by atoms with Gasteiger partial charge in [0.25, 0.3) is 0 Å². The van der Waals surface area contributed by atoms with E-state index in [0.29, 0.717) is 24.8 Å². The number of aliphatic hydroxyl groups is 2. The van der Waals surface area contributed by atoms with Crippen LogP contribution in [0.25, 0.3) is 0 Å². The Balaban J connectivity index is 1.79. The summed E-state index contributed by atoms with van der Waals surface area (Å²) in [5, 5.41) is 19.3. The molecule has 3 rings (SSSR count). The number of anilines is 1. The number of nitrogens with zero attached hydrogens (tertiary/aromatic N) is 3. The highest BCUT2D eigenvalue weighted by molar-refractivity contribution is 7.98. The summed E-state index contributed by atoms with van der Waals surface area (Å²) in [5.41, 5.74) is 0.842. The van der Waals surface area contributed by atoms with Crippen LogP contribution < -0.4 is 9.46 Å². The van der Waals surface area contributed by atoms with Gasteiger partial charge in [0.1, 0.15) is 17.7 Å². The Morgan fingerprint density at radius 2 is 2.00 bits per heavy atom. The molecule has 1 fully saturated rings. The first-order valence-electron chi connectivity index (χ1n) is 10.2. The Labute approximate surface area is 191 Å². The number of aromatic nitrogens is 2. The fourth-order valence-corrected chi connectivity index (χ4v) is 5.19. The number of hydrogen-bond acceptors (Lipinski definition) is 8. The van der Waals surface area contributed by atoms with Crippen molar-refractivity contribution in [2.24, 2.45) is 5.92 Å². The molecule has 176 valence electrons. The van der Waals surface area contributed by atoms with Crippen LogP contribution in [0, 0.1) is 11.7 Å². The maximum atomic E-state index is 13.1. The van der Waals surface area contributed by atoms with Gasteiger partial charge in [0.2, 0.25) is 5.88 Å². The largest absolute Gasteiger partial charge is 0.472 e. The van der Waals surface area contributed by atoms with Gasteiger partial charge < -0.3 is 14.9 Å². The van der Waals surface area contributed by atoms with Crippen molar-refractivity contribution in [2.45, 2.75) is 43.4 Å². The third-order valence-corrected chi connectivity index (χ3v) is 7.20. The van der Waals surface area contributed by atoms with Gasteiger partial charge in [0, 0.05) is 31.5 Å². The number of benzene rings is 1. The molecule has 1 aliphatic rings. The molecule has 0 spiro atoms. The summed E-state index contributed by atoms with van der Waals surface area (Å²) in [7, 11) is -3.76. The van der Waals surface area contributed by atoms with Crippen LogP contribution in [0.3, 0.4) is 0 Å². The second kappa shape index (κ2) is 10.8. The van der Waals surface area contributed by atoms with Crippen LogP contribution in [0.15, 0.2) is 35.5 Å². The summed E-state index contributed by atoms with van der Waals surface area (Å²) >= 11 is 1.23. The Kier molecular flexibility index (Phi) is 8.28. The molecule has 9 nitrogen and oxygen atoms in total. The van der Waals surface area contributed by atoms with Gasteiger partial charge in [0.05, 0.1) is 6.10 Å². The summed E-state index contributed by atoms with van der Waals surface area (Å²) in [6, 6.07) is 7.35. The lowest BCUT2D eigenvalue weighted by Crippen LogP contribution is -2.50. The summed E-state index contributed by atoms with van der Waals surface area (Å²) in [5.74, 6) is 0.521. The maximum absolute atomic E-state index is 13.1. The molecule has 0 amide bonds. The van der Waals surface area contributed by atoms with Crippen LogP contribution >= 0.6 is 11.8 Å². The fraction of sp³-hybridized carbons (Fsp3) is 0.500. The van der Waals surface area contributed by atoms with Gasteiger partial charge in [-0.3, -0.25) is 4.72 Å². The molecule has 32 heavy (non-hydrogen) atoms. The first kappa shape index (κ1) is 24.6. The summed E-state index contributed by atoms with van der Waals surface area (Å²) in [6.07, 6.45) is -1.48. The lowest BCUT2D eigenvalue weighted by molar-refractivity contribution is 0.0277. The number of thioether (sulfide) groups is 1. The molecule has 2 aromatic rings. The minimum atomic E-state index is -3.76. The van der Waals surface area contributed by atoms with Gasteiger partial charge >= 0.3 is 10.2 Å². The lowest BCUT2D eigenvalue weighted by atomic mass is 10.1. The van der Waals surface area contributed by atoms with E-state index in [1.165, 1.54) is 34.3 Å². The van der Waals surface area contributed by atoms with Crippen LogP contribution in [-0.4, -0.2) is 64.8 Å². The number of aliphatic hydroxyl groups excluding tert-OH is 2. The van der Waals surface area contributed by atoms with E-state index < -0.39 is 22.4 Å². The van der Waals surface area contributed by atoms with E-state index in [2.05, 4.69) is 14.7 Å². The van der Waals surface area contributed by atoms with E-state index in [1.54, 1.807) is 19.1 Å². The molecule has 0 unspecified atom stereocenters. The summed E-state index contributed by atoms with van der Waals surface area (Å²) in [4.78, 5) is 8.58. The van der Waals surface area contributed by atoms with Gasteiger partial charge in [-0.2, -0.15) is 17.7 Å². The van der Waals surface area contributed by atoms with Crippen molar-refractivity contribution in [3.05, 3.63) is 41.7 Å². The van der Waals surface area contributed by atoms with Crippen LogP contribution in [0.2, 0.25) is 0 Å². The lowest BCUT2D eigenvalue weighted by Gasteiger charge is -2.35. The van der Waals surface area contributed by atoms with Crippen molar-refractivity contribution in [1.29, 1.82) is 0 Å². The standard InChI is InChI=1S/C20H27FN4O5S2/c1-13-10-25(11-13)32(28,29)24-18-9-19(30-14(2)17(27)7-8-26)23-20(22-18)31-12-15-3-5-16(21)6-4-15/h3-6,9,13-14,17,26-27H,7-8,10-12H2,1-2H3,(H,22,23,24)/t14-,17+/m1/s1. The smallest absolute Gasteiger partial charge is 0.302 e. The average Bonchev–Trinajstić information content (AvgIpc) is 2.70. The van der Waals surface area contributed by atoms with Crippen molar-refractivity contribution >= 4 is 27.8 Å². The number of nitrogens with one attached hydrogen (secondary N) is 1. The van der Waals surface area contributed by atoms with Crippen molar-refractivity contribution in [1.82, 2.24) is 14.3 Å². The minimum absolute atomic E-state index is 0.0417. The normalized spacial score (nSPS) is 16.9. The zero-order valence-corrected chi connectivity index (χ0v) is 19.4. The Bertz CT molecular complexity index is 1000. The maximum Gasteiger partial charge on any atom is 0.302 e. The van der Waals surface area contributed by atoms with Gasteiger partial charge in [0.15, 0.2) is 5.16 Å². The third-order valence-electron chi connectivity index (χ3n) is 4.84. The molecular weight excluding hydrogens is 459 g/mol. The van der Waals surface area contributed by atoms with Gasteiger partial charge in [-0.25, -0.2) is 9.37 Å². The monoisotopic (exact) mass is 486 g/mol. The van der Waals surface area contributed by atoms with Crippen LogP contribution in [0.1, 0.15) is 25.8 Å². The predicted octanol–water partition coefficient (Wildman–Crippen LogP) is 2.03. The molecule has 2 heterocycles. The number of hydrogen-bond donors (Lipinski definition) is 3. The second-order valence-corrected chi connectivity index (χ2v) is 10.3. The van der Waals surface area contributed by atoms with Gasteiger partial charge in [-0.1, -0.05) is 30.8 Å². The fourth-order valence-electron chi connectivity index (χ4n) is 2.98. The minimum Gasteiger partial charge on any atom is -0.472 e. The zero-order chi connectivity index (χ0) is 23.3. The SMILES string of the molecule is CC1CN(S(=O)(=O)Nc2cc(O[C@H](C)[C@@H](O)CCO)nc(SCc3ccc(F)cc3)n2)C1. The van der Waals surface area contributed by atoms with Crippen molar-refractivity contribution in [3.63, 3.8) is 0 Å². The van der Waals surface area contributed by atoms with Gasteiger partial charge in [-0.15, -0.1) is 0 Å². The molecular formula is C20H27FN4O5S2. The molecule has 3 N–H and O–H groups in total. The van der Waals surface area contributed by atoms with Crippen LogP contribution in [0.4, 0.5) is 10.2 Å². The summed E-state index contributed by atoms with van der Waals surface area (Å²) in [6.45, 7) is 4.25. The van der Waals surface area contributed by atoms with Crippen molar-refractivity contribution in [3.8, 4) is 5.88 Å². The molecule has 0 saturated carbocycles. The predicted molar refractivity (Wildman–Crippen MR) is 119 cm³/mol. The number of halogens is 1. The quantitative estimate of drug-likeness (QED) is 0.326. The van der Waals surface area contributed by atoms with E-state index in [-0.39, 0.29) is 35.7 Å². The molecule has 0 radical (unpaired) electrons. The zero-order valence-electron chi connectivity index (χ0n) is 17.8. The van der Waals surface area contributed by atoms with E-state index in [4.69, 9.17) is 9.84 Å². The molecule has 1 aliphatic heterocycles. The van der Waals surface area contributed by atoms with E-state index >= 15 is 0 Å². The highest BCUT2D eigenvalue weighted by Crippen LogP contribution is 2.27. The van der Waals surface area contributed by atoms with Crippen molar-refractivity contribution in [2.75, 3.05) is 24.4 Å². The highest BCUT2D eigenvalue weighted by atomic mass is 32.2. The highest BCUT2D eigenvalue weighted by Gasteiger charge is 2.33. The molecule has 1 saturated heterocycles. The second-order valence-electron chi connectivity index (χ2n) is 7.72. The first-order valence-corrected chi connectivity index (χ1v) is 12.6. The number of rotatable bonds is 11. The molecule has 1 aromatic carbocycles. The van der Waals surface area contributed by atoms with Crippen molar-refractivity contribution < 1.29 is 27.8 Å². The Hall–Kier alpha value is -1.99. The van der Waals surface area contributed by atoms with Crippen LogP contribution in [-0.2, 0) is 16.0 Å². The average molecular weight is 487 g/mol. The van der Waals surface area contributed by atoms with E-state index in [9.17, 15) is 17.9 Å². The Morgan fingerprint density at radius 1 is 1.31 bits per heavy atom. The molecule has 0 aliphatic carbocycles. The third kappa shape index (κ3) is 6.75.